The Labute approximate surface area is 201 Å². The molecule has 0 spiro atoms. The van der Waals surface area contributed by atoms with Crippen LogP contribution in [0, 0.1) is 0 Å². The van der Waals surface area contributed by atoms with Gasteiger partial charge < -0.3 is 24.1 Å². The molecule has 1 aromatic carbocycles. The van der Waals surface area contributed by atoms with E-state index < -0.39 is 6.09 Å². The number of pyridine rings is 1. The maximum absolute atomic E-state index is 12.2. The molecule has 0 saturated heterocycles. The molecule has 1 amide bonds. The first kappa shape index (κ1) is 22.9. The molecule has 0 bridgehead atoms. The minimum absolute atomic E-state index is 0.0487. The zero-order chi connectivity index (χ0) is 24.4. The van der Waals surface area contributed by atoms with E-state index in [0.717, 1.165) is 41.0 Å². The molecule has 10 heteroatoms. The van der Waals surface area contributed by atoms with Crippen molar-refractivity contribution in [1.82, 2.24) is 24.6 Å². The van der Waals surface area contributed by atoms with E-state index in [0.29, 0.717) is 38.3 Å². The molecule has 4 heterocycles. The van der Waals surface area contributed by atoms with Crippen LogP contribution in [0.4, 0.5) is 10.5 Å². The van der Waals surface area contributed by atoms with Gasteiger partial charge in [-0.2, -0.15) is 0 Å². The van der Waals surface area contributed by atoms with Gasteiger partial charge in [-0.15, -0.1) is 0 Å². The lowest BCUT2D eigenvalue weighted by Crippen LogP contribution is -2.41. The summed E-state index contributed by atoms with van der Waals surface area (Å²) < 4.78 is 8.99. The number of nitrogens with one attached hydrogen (secondary N) is 1. The minimum Gasteiger partial charge on any atom is -0.465 e. The third-order valence-corrected chi connectivity index (χ3v) is 6.58. The maximum Gasteiger partial charge on any atom is 0.412 e. The number of imidazole rings is 1. The van der Waals surface area contributed by atoms with Crippen molar-refractivity contribution in [3.63, 3.8) is 0 Å². The van der Waals surface area contributed by atoms with E-state index >= 15 is 0 Å². The summed E-state index contributed by atoms with van der Waals surface area (Å²) in [6, 6.07) is 10.7. The number of benzene rings is 1. The molecule has 2 N–H and O–H groups in total. The number of aromatic nitrogens is 4. The Morgan fingerprint density at radius 1 is 1.23 bits per heavy atom. The molecule has 0 aliphatic carbocycles. The second-order valence-electron chi connectivity index (χ2n) is 8.79. The van der Waals surface area contributed by atoms with Gasteiger partial charge in [0, 0.05) is 56.0 Å². The molecule has 0 radical (unpaired) electrons. The highest BCUT2D eigenvalue weighted by atomic mass is 16.5. The summed E-state index contributed by atoms with van der Waals surface area (Å²) in [5.41, 5.74) is 3.44. The van der Waals surface area contributed by atoms with Crippen LogP contribution in [0.3, 0.4) is 0 Å². The van der Waals surface area contributed by atoms with Crippen LogP contribution in [0.2, 0.25) is 0 Å². The molecule has 1 aliphatic rings. The van der Waals surface area contributed by atoms with Gasteiger partial charge in [0.25, 0.3) is 5.56 Å². The van der Waals surface area contributed by atoms with Gasteiger partial charge in [0.2, 0.25) is 0 Å². The van der Waals surface area contributed by atoms with Crippen molar-refractivity contribution < 1.29 is 14.4 Å². The van der Waals surface area contributed by atoms with Gasteiger partial charge in [0.15, 0.2) is 0 Å². The number of carbonyl (C=O) groups is 1. The van der Waals surface area contributed by atoms with E-state index in [1.54, 1.807) is 29.1 Å². The molecule has 5 rings (SSSR count). The van der Waals surface area contributed by atoms with Crippen LogP contribution >= 0.6 is 0 Å². The molecule has 3 aromatic heterocycles. The molecule has 35 heavy (non-hydrogen) atoms. The summed E-state index contributed by atoms with van der Waals surface area (Å²) in [6.07, 6.45) is 4.55. The first-order valence-corrected chi connectivity index (χ1v) is 11.8. The lowest BCUT2D eigenvalue weighted by atomic mass is 9.96. The van der Waals surface area contributed by atoms with E-state index in [9.17, 15) is 14.7 Å². The number of carboxylic acid groups (broad SMARTS) is 1. The van der Waals surface area contributed by atoms with E-state index in [2.05, 4.69) is 15.0 Å². The molecule has 1 atom stereocenters. The number of anilines is 1. The zero-order valence-corrected chi connectivity index (χ0v) is 19.6. The van der Waals surface area contributed by atoms with Crippen LogP contribution in [0.5, 0.6) is 0 Å². The van der Waals surface area contributed by atoms with Crippen molar-refractivity contribution in [1.29, 1.82) is 0 Å². The average molecular weight is 477 g/mol. The van der Waals surface area contributed by atoms with E-state index in [4.69, 9.17) is 9.51 Å². The largest absolute Gasteiger partial charge is 0.465 e. The van der Waals surface area contributed by atoms with Crippen LogP contribution in [-0.2, 0) is 32.5 Å². The fourth-order valence-corrected chi connectivity index (χ4v) is 4.81. The Balaban J connectivity index is 1.47. The molecular weight excluding hydrogens is 448 g/mol. The number of amides is 1. The van der Waals surface area contributed by atoms with Crippen LogP contribution in [0.25, 0.3) is 11.0 Å². The summed E-state index contributed by atoms with van der Waals surface area (Å²) in [5, 5.41) is 16.9. The third kappa shape index (κ3) is 4.57. The highest BCUT2D eigenvalue weighted by Gasteiger charge is 2.30. The Morgan fingerprint density at radius 2 is 2.11 bits per heavy atom. The van der Waals surface area contributed by atoms with Crippen LogP contribution < -0.4 is 15.8 Å². The van der Waals surface area contributed by atoms with Gasteiger partial charge in [-0.1, -0.05) is 11.2 Å². The van der Waals surface area contributed by atoms with Crippen molar-refractivity contribution in [2.45, 2.75) is 51.9 Å². The van der Waals surface area contributed by atoms with E-state index in [1.165, 1.54) is 4.90 Å². The van der Waals surface area contributed by atoms with Crippen molar-refractivity contribution >= 4 is 22.8 Å². The van der Waals surface area contributed by atoms with Crippen molar-refractivity contribution in [3.8, 4) is 0 Å². The summed E-state index contributed by atoms with van der Waals surface area (Å²) in [7, 11) is 0. The molecule has 1 aliphatic heterocycles. The van der Waals surface area contributed by atoms with Gasteiger partial charge in [0.05, 0.1) is 29.5 Å². The first-order valence-electron chi connectivity index (χ1n) is 11.8. The highest BCUT2D eigenvalue weighted by molar-refractivity contribution is 5.94. The lowest BCUT2D eigenvalue weighted by molar-refractivity contribution is 0.198. The van der Waals surface area contributed by atoms with Crippen LogP contribution in [-0.4, -0.2) is 43.1 Å². The number of hydrogen-bond donors (Lipinski definition) is 2. The second kappa shape index (κ2) is 9.75. The monoisotopic (exact) mass is 476 g/mol. The number of rotatable bonds is 8. The molecule has 0 unspecified atom stereocenters. The van der Waals surface area contributed by atoms with Gasteiger partial charge in [-0.05, 0) is 38.0 Å². The Hall–Kier alpha value is -3.92. The molecule has 0 saturated carbocycles. The molecule has 10 nitrogen and oxygen atoms in total. The average Bonchev–Trinajstić information content (AvgIpc) is 3.48. The molecule has 182 valence electrons. The predicted molar refractivity (Wildman–Crippen MR) is 131 cm³/mol. The molecular formula is C25H28N6O4. The van der Waals surface area contributed by atoms with E-state index in [1.807, 2.05) is 31.2 Å². The smallest absolute Gasteiger partial charge is 0.412 e. The third-order valence-electron chi connectivity index (χ3n) is 6.58. The van der Waals surface area contributed by atoms with Crippen LogP contribution in [0.15, 0.2) is 58.1 Å². The highest BCUT2D eigenvalue weighted by Crippen LogP contribution is 2.36. The first-order chi connectivity index (χ1) is 17.0. The number of nitrogens with zero attached hydrogens (tertiary/aromatic N) is 5. The number of aryl methyl sites for hydroxylation is 3. The fraction of sp³-hybridized carbons (Fsp3) is 0.360. The molecule has 0 fully saturated rings. The maximum atomic E-state index is 12.2. The lowest BCUT2D eigenvalue weighted by Gasteiger charge is -2.33. The Bertz CT molecular complexity index is 1390. The fourth-order valence-electron chi connectivity index (χ4n) is 4.81. The standard InChI is InChI=1S/C25H28N6O4/c1-17-5-6-19-20(31(17)25(33)34)7-8-21-24(19)28-22(10-14-29-13-3-2-4-23(29)32)30(21)15-12-26-16-18-9-11-27-35-18/h2-4,7-9,11,13,17,26H,5-6,10,12,14-16H2,1H3,(H,33,34)/t17-/m0/s1. The Morgan fingerprint density at radius 3 is 2.89 bits per heavy atom. The quantitative estimate of drug-likeness (QED) is 0.375. The van der Waals surface area contributed by atoms with Gasteiger partial charge in [-0.3, -0.25) is 9.69 Å². The normalized spacial score (nSPS) is 15.5. The second-order valence-corrected chi connectivity index (χ2v) is 8.79. The molecule has 4 aromatic rings. The Kier molecular flexibility index (Phi) is 6.37. The van der Waals surface area contributed by atoms with Gasteiger partial charge in [0.1, 0.15) is 11.6 Å². The predicted octanol–water partition coefficient (Wildman–Crippen LogP) is 3.04. The summed E-state index contributed by atoms with van der Waals surface area (Å²) >= 11 is 0. The SMILES string of the molecule is C[C@H]1CCc2c(ccc3c2nc(CCn2ccccc2=O)n3CCNCc2ccno2)N1C(=O)O. The van der Waals surface area contributed by atoms with Gasteiger partial charge in [-0.25, -0.2) is 9.78 Å². The zero-order valence-electron chi connectivity index (χ0n) is 19.6. The van der Waals surface area contributed by atoms with Crippen molar-refractivity contribution in [2.24, 2.45) is 0 Å². The minimum atomic E-state index is -0.947. The van der Waals surface area contributed by atoms with Crippen molar-refractivity contribution in [2.75, 3.05) is 11.4 Å². The van der Waals surface area contributed by atoms with E-state index in [-0.39, 0.29) is 11.6 Å². The van der Waals surface area contributed by atoms with Crippen molar-refractivity contribution in [3.05, 3.63) is 76.3 Å². The number of hydrogen-bond acceptors (Lipinski definition) is 6. The summed E-state index contributed by atoms with van der Waals surface area (Å²) in [6.45, 7) is 4.36. The van der Waals surface area contributed by atoms with Crippen LogP contribution in [0.1, 0.15) is 30.5 Å². The topological polar surface area (TPSA) is 118 Å². The van der Waals surface area contributed by atoms with Gasteiger partial charge >= 0.3 is 6.09 Å². The summed E-state index contributed by atoms with van der Waals surface area (Å²) in [4.78, 5) is 30.6. The number of fused-ring (bicyclic) bond motifs is 3. The summed E-state index contributed by atoms with van der Waals surface area (Å²) in [5.74, 6) is 1.63.